The minimum absolute atomic E-state index is 0.0964. The first-order chi connectivity index (χ1) is 16.7. The van der Waals surface area contributed by atoms with Crippen LogP contribution in [0.2, 0.25) is 0 Å². The van der Waals surface area contributed by atoms with Crippen LogP contribution in [0.25, 0.3) is 0 Å². The Morgan fingerprint density at radius 3 is 2.60 bits per heavy atom. The van der Waals surface area contributed by atoms with Crippen molar-refractivity contribution in [1.82, 2.24) is 26.3 Å². The fourth-order valence-corrected chi connectivity index (χ4v) is 3.80. The van der Waals surface area contributed by atoms with Crippen LogP contribution in [-0.2, 0) is 20.8 Å². The zero-order valence-corrected chi connectivity index (χ0v) is 19.7. The molecule has 4 amide bonds. The molecule has 188 valence electrons. The Balaban J connectivity index is 1.93. The van der Waals surface area contributed by atoms with Gasteiger partial charge in [0.05, 0.1) is 6.10 Å². The van der Waals surface area contributed by atoms with Crippen LogP contribution in [0.3, 0.4) is 0 Å². The Bertz CT molecular complexity index is 1040. The lowest BCUT2D eigenvalue weighted by Crippen LogP contribution is -2.52. The Hall–Kier alpha value is -3.73. The van der Waals surface area contributed by atoms with E-state index >= 15 is 0 Å². The number of fused-ring (bicyclic) bond motifs is 2. The average Bonchev–Trinajstić information content (AvgIpc) is 3.31. The van der Waals surface area contributed by atoms with E-state index in [4.69, 9.17) is 4.42 Å². The Kier molecular flexibility index (Phi) is 8.96. The van der Waals surface area contributed by atoms with Gasteiger partial charge in [-0.1, -0.05) is 30.3 Å². The van der Waals surface area contributed by atoms with Gasteiger partial charge in [0.2, 0.25) is 23.6 Å². The molecule has 11 heteroatoms. The van der Waals surface area contributed by atoms with Crippen LogP contribution in [0.4, 0.5) is 0 Å². The molecular formula is C24H31N5O6. The van der Waals surface area contributed by atoms with E-state index in [-0.39, 0.29) is 24.0 Å². The number of aromatic nitrogens is 1. The van der Waals surface area contributed by atoms with Crippen LogP contribution in [0.15, 0.2) is 41.0 Å². The van der Waals surface area contributed by atoms with Crippen molar-refractivity contribution in [2.75, 3.05) is 6.54 Å². The van der Waals surface area contributed by atoms with Gasteiger partial charge >= 0.3 is 0 Å². The first-order valence-corrected chi connectivity index (χ1v) is 11.6. The second-order valence-corrected chi connectivity index (χ2v) is 8.55. The van der Waals surface area contributed by atoms with Gasteiger partial charge < -0.3 is 30.8 Å². The molecule has 0 saturated heterocycles. The molecule has 2 heterocycles. The van der Waals surface area contributed by atoms with Crippen molar-refractivity contribution in [3.8, 4) is 0 Å². The number of aliphatic hydroxyl groups excluding tert-OH is 1. The summed E-state index contributed by atoms with van der Waals surface area (Å²) in [5.74, 6) is -1.90. The van der Waals surface area contributed by atoms with Gasteiger partial charge in [-0.05, 0) is 31.7 Å². The first kappa shape index (κ1) is 25.9. The molecule has 3 rings (SSSR count). The number of benzene rings is 1. The summed E-state index contributed by atoms with van der Waals surface area (Å²) in [6, 6.07) is 6.69. The third kappa shape index (κ3) is 7.38. The summed E-state index contributed by atoms with van der Waals surface area (Å²) < 4.78 is 5.55. The van der Waals surface area contributed by atoms with E-state index in [1.54, 1.807) is 0 Å². The highest BCUT2D eigenvalue weighted by atomic mass is 16.3. The van der Waals surface area contributed by atoms with Gasteiger partial charge in [0.25, 0.3) is 5.91 Å². The molecule has 1 aromatic carbocycles. The van der Waals surface area contributed by atoms with Crippen molar-refractivity contribution in [3.05, 3.63) is 53.7 Å². The standard InChI is InChI=1S/C24H31N5O6/c1-14(30)20-23(34)25-11-7-6-10-17(26-15(2)31)21(32)27-18(12-16-8-4-3-5-9-16)24-28-19(13-35-24)22(33)29-20/h3-5,8-9,13-14,17-18,20,30H,6-7,10-12H2,1-2H3,(H,25,34)(H,26,31)(H,27,32)(H,29,33)/t14-,17+,18+,20+/m1/s1. The molecule has 1 aliphatic heterocycles. The highest BCUT2D eigenvalue weighted by molar-refractivity contribution is 5.96. The summed E-state index contributed by atoms with van der Waals surface area (Å²) in [5, 5.41) is 20.8. The first-order valence-electron chi connectivity index (χ1n) is 11.6. The number of oxazole rings is 1. The predicted molar refractivity (Wildman–Crippen MR) is 125 cm³/mol. The van der Waals surface area contributed by atoms with E-state index in [0.717, 1.165) is 11.8 Å². The zero-order valence-electron chi connectivity index (χ0n) is 19.7. The zero-order chi connectivity index (χ0) is 25.4. The molecule has 0 radical (unpaired) electrons. The molecule has 0 fully saturated rings. The van der Waals surface area contributed by atoms with E-state index in [1.165, 1.54) is 13.8 Å². The Morgan fingerprint density at radius 1 is 1.17 bits per heavy atom. The highest BCUT2D eigenvalue weighted by Crippen LogP contribution is 2.19. The number of nitrogens with one attached hydrogen (secondary N) is 4. The van der Waals surface area contributed by atoms with Crippen molar-refractivity contribution in [2.24, 2.45) is 0 Å². The summed E-state index contributed by atoms with van der Waals surface area (Å²) in [6.45, 7) is 3.01. The smallest absolute Gasteiger partial charge is 0.273 e. The van der Waals surface area contributed by atoms with Gasteiger partial charge in [0.1, 0.15) is 24.4 Å². The molecule has 35 heavy (non-hydrogen) atoms. The lowest BCUT2D eigenvalue weighted by atomic mass is 10.0. The van der Waals surface area contributed by atoms with Gasteiger partial charge in [-0.2, -0.15) is 0 Å². The molecule has 1 aliphatic rings. The van der Waals surface area contributed by atoms with E-state index in [9.17, 15) is 24.3 Å². The van der Waals surface area contributed by atoms with Crippen molar-refractivity contribution in [3.63, 3.8) is 0 Å². The number of aliphatic hydroxyl groups is 1. The van der Waals surface area contributed by atoms with Gasteiger partial charge in [-0.3, -0.25) is 19.2 Å². The summed E-state index contributed by atoms with van der Waals surface area (Å²) in [4.78, 5) is 54.3. The van der Waals surface area contributed by atoms with E-state index in [1.807, 2.05) is 30.3 Å². The summed E-state index contributed by atoms with van der Waals surface area (Å²) in [6.07, 6.45) is 1.75. The maximum Gasteiger partial charge on any atom is 0.273 e. The number of hydrogen-bond acceptors (Lipinski definition) is 7. The minimum atomic E-state index is -1.18. The number of nitrogens with zero attached hydrogens (tertiary/aromatic N) is 1. The van der Waals surface area contributed by atoms with Crippen molar-refractivity contribution in [2.45, 2.75) is 63.8 Å². The van der Waals surface area contributed by atoms with Crippen LogP contribution in [0, 0.1) is 0 Å². The lowest BCUT2D eigenvalue weighted by molar-refractivity contribution is -0.129. The Labute approximate surface area is 203 Å². The SMILES string of the molecule is CC(=O)N[C@H]1CCCCNC(=O)[C@H]([C@@H](C)O)NC(=O)c2coc(n2)[C@H](Cc2ccccc2)NC1=O. The maximum atomic E-state index is 13.1. The van der Waals surface area contributed by atoms with Gasteiger partial charge in [-0.15, -0.1) is 0 Å². The van der Waals surface area contributed by atoms with Gasteiger partial charge in [0, 0.05) is 19.9 Å². The number of rotatable bonds is 4. The van der Waals surface area contributed by atoms with Gasteiger partial charge in [-0.25, -0.2) is 4.98 Å². The molecule has 4 atom stereocenters. The fourth-order valence-electron chi connectivity index (χ4n) is 3.80. The molecule has 5 N–H and O–H groups in total. The Morgan fingerprint density at radius 2 is 1.91 bits per heavy atom. The predicted octanol–water partition coefficient (Wildman–Crippen LogP) is 0.359. The molecule has 2 bridgehead atoms. The normalized spacial score (nSPS) is 22.9. The number of amides is 4. The number of carbonyl (C=O) groups is 4. The van der Waals surface area contributed by atoms with E-state index < -0.39 is 42.0 Å². The van der Waals surface area contributed by atoms with Crippen LogP contribution in [0.5, 0.6) is 0 Å². The second kappa shape index (κ2) is 12.1. The summed E-state index contributed by atoms with van der Waals surface area (Å²) in [5.41, 5.74) is 0.801. The van der Waals surface area contributed by atoms with E-state index in [0.29, 0.717) is 25.7 Å². The second-order valence-electron chi connectivity index (χ2n) is 8.55. The van der Waals surface area contributed by atoms with Crippen molar-refractivity contribution >= 4 is 23.6 Å². The molecule has 0 aliphatic carbocycles. The third-order valence-corrected chi connectivity index (χ3v) is 5.62. The summed E-state index contributed by atoms with van der Waals surface area (Å²) >= 11 is 0. The van der Waals surface area contributed by atoms with Crippen LogP contribution in [-0.4, -0.2) is 58.5 Å². The molecule has 0 unspecified atom stereocenters. The van der Waals surface area contributed by atoms with Crippen molar-refractivity contribution in [1.29, 1.82) is 0 Å². The molecule has 0 saturated carbocycles. The minimum Gasteiger partial charge on any atom is -0.446 e. The highest BCUT2D eigenvalue weighted by Gasteiger charge is 2.30. The molecular weight excluding hydrogens is 454 g/mol. The fraction of sp³-hybridized carbons (Fsp3) is 0.458. The quantitative estimate of drug-likeness (QED) is 0.417. The topological polar surface area (TPSA) is 163 Å². The van der Waals surface area contributed by atoms with E-state index in [2.05, 4.69) is 26.3 Å². The molecule has 0 spiro atoms. The molecule has 11 nitrogen and oxygen atoms in total. The maximum absolute atomic E-state index is 13.1. The monoisotopic (exact) mass is 485 g/mol. The lowest BCUT2D eigenvalue weighted by Gasteiger charge is -2.23. The summed E-state index contributed by atoms with van der Waals surface area (Å²) in [7, 11) is 0. The number of carbonyl (C=O) groups excluding carboxylic acids is 4. The average molecular weight is 486 g/mol. The number of hydrogen-bond donors (Lipinski definition) is 5. The third-order valence-electron chi connectivity index (χ3n) is 5.62. The largest absolute Gasteiger partial charge is 0.446 e. The molecule has 1 aromatic heterocycles. The molecule has 2 aromatic rings. The van der Waals surface area contributed by atoms with Crippen LogP contribution < -0.4 is 21.3 Å². The van der Waals surface area contributed by atoms with Gasteiger partial charge in [0.15, 0.2) is 5.69 Å². The van der Waals surface area contributed by atoms with Crippen molar-refractivity contribution < 1.29 is 28.7 Å². The van der Waals surface area contributed by atoms with Crippen LogP contribution in [0.1, 0.15) is 61.1 Å². The van der Waals surface area contributed by atoms with Crippen LogP contribution >= 0.6 is 0 Å².